The van der Waals surface area contributed by atoms with Gasteiger partial charge in [-0.3, -0.25) is 0 Å². The van der Waals surface area contributed by atoms with Crippen LogP contribution >= 0.6 is 0 Å². The largest absolute Gasteiger partial charge is 0.361 e. The van der Waals surface area contributed by atoms with E-state index in [4.69, 9.17) is 0 Å². The summed E-state index contributed by atoms with van der Waals surface area (Å²) >= 11 is 0. The lowest BCUT2D eigenvalue weighted by Gasteiger charge is -1.94. The Balaban J connectivity index is 3.13. The van der Waals surface area contributed by atoms with Gasteiger partial charge in [0.05, 0.1) is 0 Å². The second-order valence-corrected chi connectivity index (χ2v) is 2.70. The maximum Gasteiger partial charge on any atom is 0.0453 e. The number of aryl methyl sites for hydroxylation is 1. The lowest BCUT2D eigenvalue weighted by molar-refractivity contribution is 1.14. The minimum Gasteiger partial charge on any atom is -0.361 e. The van der Waals surface area contributed by atoms with Gasteiger partial charge in [0.15, 0.2) is 0 Å². The highest BCUT2D eigenvalue weighted by atomic mass is 14.7. The zero-order valence-corrected chi connectivity index (χ0v) is 7.72. The van der Waals surface area contributed by atoms with Crippen LogP contribution in [0.15, 0.2) is 18.9 Å². The molecular formula is C11H15N. The quantitative estimate of drug-likeness (QED) is 0.700. The number of rotatable bonds is 3. The molecule has 0 radical (unpaired) electrons. The summed E-state index contributed by atoms with van der Waals surface area (Å²) in [6, 6.07) is 0. The highest BCUT2D eigenvalue weighted by Gasteiger charge is 2.02. The Kier molecular flexibility index (Phi) is 2.92. The first-order chi connectivity index (χ1) is 5.83. The summed E-state index contributed by atoms with van der Waals surface area (Å²) in [5, 5.41) is 0. The van der Waals surface area contributed by atoms with Gasteiger partial charge in [-0.1, -0.05) is 25.7 Å². The lowest BCUT2D eigenvalue weighted by Crippen LogP contribution is -1.80. The molecule has 0 spiro atoms. The first-order valence-corrected chi connectivity index (χ1v) is 4.28. The normalized spacial score (nSPS) is 10.8. The van der Waals surface area contributed by atoms with Gasteiger partial charge in [0.2, 0.25) is 0 Å². The van der Waals surface area contributed by atoms with E-state index in [9.17, 15) is 0 Å². The maximum absolute atomic E-state index is 3.80. The van der Waals surface area contributed by atoms with Crippen molar-refractivity contribution in [2.24, 2.45) is 0 Å². The first kappa shape index (κ1) is 8.85. The Labute approximate surface area is 73.8 Å². The predicted octanol–water partition coefficient (Wildman–Crippen LogP) is 3.25. The summed E-state index contributed by atoms with van der Waals surface area (Å²) in [5.41, 5.74) is 3.72. The van der Waals surface area contributed by atoms with Crippen molar-refractivity contribution in [3.63, 3.8) is 0 Å². The van der Waals surface area contributed by atoms with Crippen LogP contribution in [-0.4, -0.2) is 4.98 Å². The summed E-state index contributed by atoms with van der Waals surface area (Å²) in [6.07, 6.45) is 9.10. The molecule has 1 rings (SSSR count). The second kappa shape index (κ2) is 3.96. The molecule has 0 unspecified atom stereocenters. The zero-order valence-electron chi connectivity index (χ0n) is 7.72. The van der Waals surface area contributed by atoms with E-state index >= 15 is 0 Å². The zero-order chi connectivity index (χ0) is 8.97. The molecule has 1 nitrogen and oxygen atoms in total. The van der Waals surface area contributed by atoms with Crippen LogP contribution in [0, 0.1) is 0 Å². The Morgan fingerprint density at radius 3 is 2.83 bits per heavy atom. The molecule has 0 aliphatic heterocycles. The molecule has 0 aliphatic rings. The van der Waals surface area contributed by atoms with Crippen molar-refractivity contribution in [2.75, 3.05) is 0 Å². The van der Waals surface area contributed by atoms with Crippen molar-refractivity contribution < 1.29 is 0 Å². The Hall–Kier alpha value is -1.24. The van der Waals surface area contributed by atoms with Crippen molar-refractivity contribution in [1.82, 2.24) is 4.98 Å². The smallest absolute Gasteiger partial charge is 0.0453 e. The van der Waals surface area contributed by atoms with Crippen LogP contribution < -0.4 is 0 Å². The second-order valence-electron chi connectivity index (χ2n) is 2.70. The van der Waals surface area contributed by atoms with E-state index < -0.39 is 0 Å². The van der Waals surface area contributed by atoms with Crippen LogP contribution in [0.25, 0.3) is 12.2 Å². The highest BCUT2D eigenvalue weighted by Crippen LogP contribution is 2.17. The van der Waals surface area contributed by atoms with Crippen molar-refractivity contribution in [3.05, 3.63) is 35.7 Å². The van der Waals surface area contributed by atoms with Crippen LogP contribution in [0.5, 0.6) is 0 Å². The third-order valence-corrected chi connectivity index (χ3v) is 1.96. The molecule has 1 N–H and O–H groups in total. The molecule has 64 valence electrons. The van der Waals surface area contributed by atoms with Gasteiger partial charge in [0, 0.05) is 17.5 Å². The third kappa shape index (κ3) is 1.50. The molecule has 1 aromatic heterocycles. The van der Waals surface area contributed by atoms with Gasteiger partial charge >= 0.3 is 0 Å². The van der Waals surface area contributed by atoms with E-state index in [2.05, 4.69) is 24.6 Å². The topological polar surface area (TPSA) is 15.8 Å². The Morgan fingerprint density at radius 1 is 1.58 bits per heavy atom. The van der Waals surface area contributed by atoms with Crippen molar-refractivity contribution >= 4 is 12.2 Å². The molecule has 0 bridgehead atoms. The number of aromatic amines is 1. The monoisotopic (exact) mass is 161 g/mol. The molecule has 0 atom stereocenters. The third-order valence-electron chi connectivity index (χ3n) is 1.96. The summed E-state index contributed by atoms with van der Waals surface area (Å²) in [7, 11) is 0. The fourth-order valence-corrected chi connectivity index (χ4v) is 1.33. The van der Waals surface area contributed by atoms with Gasteiger partial charge in [-0.2, -0.15) is 0 Å². The lowest BCUT2D eigenvalue weighted by atomic mass is 10.1. The number of H-pyrrole nitrogens is 1. The molecule has 0 aliphatic carbocycles. The average Bonchev–Trinajstić information content (AvgIpc) is 2.47. The van der Waals surface area contributed by atoms with E-state index in [0.29, 0.717) is 0 Å². The van der Waals surface area contributed by atoms with E-state index in [1.54, 1.807) is 0 Å². The van der Waals surface area contributed by atoms with E-state index in [0.717, 1.165) is 12.1 Å². The molecule has 0 fully saturated rings. The van der Waals surface area contributed by atoms with Crippen LogP contribution in [0.3, 0.4) is 0 Å². The van der Waals surface area contributed by atoms with E-state index in [1.807, 2.05) is 25.3 Å². The van der Waals surface area contributed by atoms with Gasteiger partial charge in [0.1, 0.15) is 0 Å². The van der Waals surface area contributed by atoms with Crippen molar-refractivity contribution in [3.8, 4) is 0 Å². The van der Waals surface area contributed by atoms with Crippen molar-refractivity contribution in [2.45, 2.75) is 20.3 Å². The molecule has 0 amide bonds. The van der Waals surface area contributed by atoms with Gasteiger partial charge < -0.3 is 4.98 Å². The number of allylic oxidation sites excluding steroid dienone is 1. The highest BCUT2D eigenvalue weighted by molar-refractivity contribution is 5.64. The van der Waals surface area contributed by atoms with Gasteiger partial charge in [0.25, 0.3) is 0 Å². The number of nitrogens with one attached hydrogen (secondary N) is 1. The average molecular weight is 161 g/mol. The van der Waals surface area contributed by atoms with E-state index in [-0.39, 0.29) is 0 Å². The first-order valence-electron chi connectivity index (χ1n) is 4.28. The summed E-state index contributed by atoms with van der Waals surface area (Å²) in [4.78, 5) is 3.22. The molecule has 1 aromatic rings. The predicted molar refractivity (Wildman–Crippen MR) is 55.0 cm³/mol. The van der Waals surface area contributed by atoms with Crippen LogP contribution in [0.1, 0.15) is 30.7 Å². The fraction of sp³-hybridized carbons (Fsp3) is 0.273. The summed E-state index contributed by atoms with van der Waals surface area (Å²) in [5.74, 6) is 0. The van der Waals surface area contributed by atoms with Gasteiger partial charge in [-0.15, -0.1) is 0 Å². The molecule has 1 heteroatoms. The maximum atomic E-state index is 3.80. The van der Waals surface area contributed by atoms with Crippen molar-refractivity contribution in [1.29, 1.82) is 0 Å². The molecule has 12 heavy (non-hydrogen) atoms. The number of hydrogen-bond donors (Lipinski definition) is 1. The Morgan fingerprint density at radius 2 is 2.33 bits per heavy atom. The number of aromatic nitrogens is 1. The van der Waals surface area contributed by atoms with Gasteiger partial charge in [-0.25, -0.2) is 0 Å². The molecule has 0 aromatic carbocycles. The fourth-order valence-electron chi connectivity index (χ4n) is 1.33. The molecule has 1 heterocycles. The Bertz CT molecular complexity index is 292. The standard InChI is InChI=1S/C11H15N/c1-4-7-11-10(6-3)9(5-2)8-12-11/h4,6-8,12H,3,5H2,1-2H3/b7-4-. The minimum atomic E-state index is 1.05. The SMILES string of the molecule is C=Cc1c(CC)c[nH]c1/C=C\C. The number of hydrogen-bond acceptors (Lipinski definition) is 0. The van der Waals surface area contributed by atoms with Crippen LogP contribution in [0.4, 0.5) is 0 Å². The molecular weight excluding hydrogens is 146 g/mol. The summed E-state index contributed by atoms with van der Waals surface area (Å²) in [6.45, 7) is 7.96. The van der Waals surface area contributed by atoms with Crippen LogP contribution in [-0.2, 0) is 6.42 Å². The van der Waals surface area contributed by atoms with Crippen LogP contribution in [0.2, 0.25) is 0 Å². The van der Waals surface area contributed by atoms with Gasteiger partial charge in [-0.05, 0) is 25.0 Å². The van der Waals surface area contributed by atoms with E-state index in [1.165, 1.54) is 11.1 Å². The molecule has 0 saturated heterocycles. The molecule has 0 saturated carbocycles. The minimum absolute atomic E-state index is 1.05. The summed E-state index contributed by atoms with van der Waals surface area (Å²) < 4.78 is 0.